The Morgan fingerprint density at radius 1 is 1.79 bits per heavy atom. The Morgan fingerprint density at radius 3 is 3.00 bits per heavy atom. The van der Waals surface area contributed by atoms with Gasteiger partial charge in [-0.3, -0.25) is 4.79 Å². The molecule has 0 radical (unpaired) electrons. The van der Waals surface area contributed by atoms with Gasteiger partial charge in [-0.1, -0.05) is 12.1 Å². The Bertz CT molecular complexity index is 245. The highest BCUT2D eigenvalue weighted by Gasteiger charge is 2.23. The Labute approximate surface area is 87.1 Å². The maximum absolute atomic E-state index is 11.3. The second kappa shape index (κ2) is 5.09. The van der Waals surface area contributed by atoms with E-state index in [0.29, 0.717) is 5.25 Å². The van der Waals surface area contributed by atoms with Crippen LogP contribution in [0.5, 0.6) is 0 Å². The predicted octanol–water partition coefficient (Wildman–Crippen LogP) is 0.133. The number of nitrogens with zero attached hydrogens (tertiary/aromatic N) is 1. The van der Waals surface area contributed by atoms with Crippen LogP contribution in [-0.4, -0.2) is 34.0 Å². The number of carbonyl (C=O) groups is 1. The summed E-state index contributed by atoms with van der Waals surface area (Å²) >= 11 is 1.85. The van der Waals surface area contributed by atoms with Crippen LogP contribution in [0.4, 0.5) is 0 Å². The molecule has 6 heteroatoms. The van der Waals surface area contributed by atoms with Gasteiger partial charge in [0.1, 0.15) is 5.84 Å². The lowest BCUT2D eigenvalue weighted by atomic mass is 10.2. The van der Waals surface area contributed by atoms with Crippen molar-refractivity contribution in [2.45, 2.75) is 31.1 Å². The summed E-state index contributed by atoms with van der Waals surface area (Å²) in [4.78, 5) is 11.3. The third kappa shape index (κ3) is 3.45. The van der Waals surface area contributed by atoms with Gasteiger partial charge in [0.15, 0.2) is 0 Å². The monoisotopic (exact) mass is 217 g/mol. The molecule has 2 unspecified atom stereocenters. The van der Waals surface area contributed by atoms with Crippen LogP contribution in [-0.2, 0) is 4.79 Å². The summed E-state index contributed by atoms with van der Waals surface area (Å²) in [6.45, 7) is 2.14. The maximum Gasteiger partial charge on any atom is 0.227 e. The normalized spacial score (nSPS) is 27.6. The molecule has 0 aromatic carbocycles. The molecule has 0 spiro atoms. The van der Waals surface area contributed by atoms with Gasteiger partial charge in [0.25, 0.3) is 0 Å². The number of hydrogen-bond donors (Lipinski definition) is 3. The number of rotatable bonds is 3. The van der Waals surface area contributed by atoms with Crippen molar-refractivity contribution >= 4 is 23.5 Å². The minimum atomic E-state index is -0.181. The van der Waals surface area contributed by atoms with Gasteiger partial charge in [0.05, 0.1) is 6.42 Å². The maximum atomic E-state index is 11.3. The first-order valence-corrected chi connectivity index (χ1v) is 5.54. The van der Waals surface area contributed by atoms with Crippen molar-refractivity contribution in [2.24, 2.45) is 10.9 Å². The van der Waals surface area contributed by atoms with Crippen LogP contribution in [0.2, 0.25) is 0 Å². The van der Waals surface area contributed by atoms with Gasteiger partial charge in [0.2, 0.25) is 5.91 Å². The zero-order chi connectivity index (χ0) is 10.6. The number of nitrogens with two attached hydrogens (primary N) is 1. The van der Waals surface area contributed by atoms with Crippen molar-refractivity contribution in [3.05, 3.63) is 0 Å². The molecule has 0 bridgehead atoms. The molecule has 5 nitrogen and oxygen atoms in total. The van der Waals surface area contributed by atoms with Gasteiger partial charge in [-0.15, -0.1) is 0 Å². The topological polar surface area (TPSA) is 87.7 Å². The first kappa shape index (κ1) is 11.2. The molecule has 1 heterocycles. The van der Waals surface area contributed by atoms with Gasteiger partial charge in [-0.05, 0) is 6.42 Å². The summed E-state index contributed by atoms with van der Waals surface area (Å²) in [7, 11) is 0. The molecule has 1 saturated heterocycles. The van der Waals surface area contributed by atoms with E-state index < -0.39 is 0 Å². The summed E-state index contributed by atoms with van der Waals surface area (Å²) in [6.07, 6.45) is 0.957. The molecule has 1 aliphatic rings. The third-order valence-corrected chi connectivity index (χ3v) is 3.39. The zero-order valence-corrected chi connectivity index (χ0v) is 8.88. The van der Waals surface area contributed by atoms with E-state index in [2.05, 4.69) is 17.4 Å². The van der Waals surface area contributed by atoms with Gasteiger partial charge in [-0.2, -0.15) is 11.8 Å². The molecule has 1 aliphatic heterocycles. The number of nitrogens with one attached hydrogen (secondary N) is 1. The number of oxime groups is 1. The molecule has 0 aromatic rings. The molecule has 1 amide bonds. The third-order valence-electron chi connectivity index (χ3n) is 2.03. The lowest BCUT2D eigenvalue weighted by Crippen LogP contribution is -2.37. The van der Waals surface area contributed by atoms with E-state index in [9.17, 15) is 4.79 Å². The number of carbonyl (C=O) groups excluding carboxylic acids is 1. The fourth-order valence-corrected chi connectivity index (χ4v) is 2.54. The lowest BCUT2D eigenvalue weighted by molar-refractivity contribution is -0.120. The van der Waals surface area contributed by atoms with E-state index in [1.54, 1.807) is 0 Å². The van der Waals surface area contributed by atoms with Crippen LogP contribution in [0.15, 0.2) is 5.16 Å². The molecule has 0 saturated carbocycles. The van der Waals surface area contributed by atoms with Crippen LogP contribution in [0.25, 0.3) is 0 Å². The predicted molar refractivity (Wildman–Crippen MR) is 56.5 cm³/mol. The molecule has 0 aromatic heterocycles. The van der Waals surface area contributed by atoms with Gasteiger partial charge >= 0.3 is 0 Å². The molecule has 1 fully saturated rings. The van der Waals surface area contributed by atoms with Crippen molar-refractivity contribution in [3.8, 4) is 0 Å². The van der Waals surface area contributed by atoms with Crippen LogP contribution in [0.3, 0.4) is 0 Å². The highest BCUT2D eigenvalue weighted by molar-refractivity contribution is 8.00. The SMILES string of the molecule is CC1CC(NC(=O)C/C(N)=N/O)CS1. The standard InChI is InChI=1S/C8H15N3O2S/c1-5-2-6(4-14-5)10-8(12)3-7(9)11-13/h5-6,13H,2-4H2,1H3,(H2,9,11)(H,10,12). The molecule has 2 atom stereocenters. The molecule has 4 N–H and O–H groups in total. The summed E-state index contributed by atoms with van der Waals surface area (Å²) in [5.74, 6) is 0.712. The summed E-state index contributed by atoms with van der Waals surface area (Å²) in [6, 6.07) is 0.231. The summed E-state index contributed by atoms with van der Waals surface area (Å²) in [5.41, 5.74) is 5.21. The van der Waals surface area contributed by atoms with Gasteiger partial charge < -0.3 is 16.3 Å². The van der Waals surface area contributed by atoms with Crippen molar-refractivity contribution in [1.29, 1.82) is 0 Å². The number of amides is 1. The van der Waals surface area contributed by atoms with Crippen LogP contribution in [0, 0.1) is 0 Å². The van der Waals surface area contributed by atoms with E-state index in [-0.39, 0.29) is 24.2 Å². The van der Waals surface area contributed by atoms with E-state index in [0.717, 1.165) is 12.2 Å². The second-order valence-electron chi connectivity index (χ2n) is 3.41. The summed E-state index contributed by atoms with van der Waals surface area (Å²) in [5, 5.41) is 14.5. The highest BCUT2D eigenvalue weighted by atomic mass is 32.2. The summed E-state index contributed by atoms with van der Waals surface area (Å²) < 4.78 is 0. The number of hydrogen-bond acceptors (Lipinski definition) is 4. The fraction of sp³-hybridized carbons (Fsp3) is 0.750. The van der Waals surface area contributed by atoms with Crippen LogP contribution in [0.1, 0.15) is 19.8 Å². The molecule has 14 heavy (non-hydrogen) atoms. The Kier molecular flexibility index (Phi) is 4.06. The van der Waals surface area contributed by atoms with Crippen molar-refractivity contribution in [1.82, 2.24) is 5.32 Å². The van der Waals surface area contributed by atoms with Crippen molar-refractivity contribution in [3.63, 3.8) is 0 Å². The van der Waals surface area contributed by atoms with Crippen molar-refractivity contribution in [2.75, 3.05) is 5.75 Å². The number of amidine groups is 1. The van der Waals surface area contributed by atoms with Gasteiger partial charge in [-0.25, -0.2) is 0 Å². The molecular formula is C8H15N3O2S. The Hall–Kier alpha value is -0.910. The quantitative estimate of drug-likeness (QED) is 0.271. The average molecular weight is 217 g/mol. The zero-order valence-electron chi connectivity index (χ0n) is 8.06. The second-order valence-corrected chi connectivity index (χ2v) is 4.88. The van der Waals surface area contributed by atoms with Gasteiger partial charge in [0, 0.05) is 17.0 Å². The van der Waals surface area contributed by atoms with Crippen LogP contribution < -0.4 is 11.1 Å². The molecule has 1 rings (SSSR count). The molecular weight excluding hydrogens is 202 g/mol. The first-order chi connectivity index (χ1) is 6.61. The minimum Gasteiger partial charge on any atom is -0.409 e. The van der Waals surface area contributed by atoms with Crippen LogP contribution >= 0.6 is 11.8 Å². The molecule has 80 valence electrons. The van der Waals surface area contributed by atoms with E-state index in [4.69, 9.17) is 10.9 Å². The van der Waals surface area contributed by atoms with E-state index in [1.807, 2.05) is 11.8 Å². The average Bonchev–Trinajstić information content (AvgIpc) is 2.50. The van der Waals surface area contributed by atoms with E-state index in [1.165, 1.54) is 0 Å². The smallest absolute Gasteiger partial charge is 0.227 e. The Balaban J connectivity index is 2.27. The minimum absolute atomic E-state index is 0.0357. The lowest BCUT2D eigenvalue weighted by Gasteiger charge is -2.10. The van der Waals surface area contributed by atoms with E-state index >= 15 is 0 Å². The highest BCUT2D eigenvalue weighted by Crippen LogP contribution is 2.25. The first-order valence-electron chi connectivity index (χ1n) is 4.49. The van der Waals surface area contributed by atoms with Crippen molar-refractivity contribution < 1.29 is 10.0 Å². The Morgan fingerprint density at radius 2 is 2.50 bits per heavy atom. The largest absolute Gasteiger partial charge is 0.409 e. The molecule has 0 aliphatic carbocycles. The fourth-order valence-electron chi connectivity index (χ4n) is 1.40. The number of thioether (sulfide) groups is 1.